The lowest BCUT2D eigenvalue weighted by Crippen LogP contribution is -2.33. The van der Waals surface area contributed by atoms with Crippen molar-refractivity contribution in [2.45, 2.75) is 25.8 Å². The highest BCUT2D eigenvalue weighted by molar-refractivity contribution is 6.66. The maximum atomic E-state index is 12.4. The highest BCUT2D eigenvalue weighted by Gasteiger charge is 2.27. The molecule has 0 aromatic carbocycles. The largest absolute Gasteiger partial charge is 0.506 e. The lowest BCUT2D eigenvalue weighted by Gasteiger charge is -2.28. The van der Waals surface area contributed by atoms with Crippen LogP contribution in [0.4, 0.5) is 18.6 Å². The molecular weight excluding hydrogens is 270 g/mol. The Morgan fingerprint density at radius 2 is 1.95 bits per heavy atom. The molecule has 1 fully saturated rings. The van der Waals surface area contributed by atoms with Crippen LogP contribution in [0.25, 0.3) is 0 Å². The molecule has 2 rings (SSSR count). The average Bonchev–Trinajstić information content (AvgIpc) is 2.41. The molecule has 0 amide bonds. The standard InChI is InChI=1S/C12H16BF3N3O/c1-10(13(14,15)16)9-19-12(20)7-11(8-17-19)18-5-3-2-4-6-18/h7-8H,1-6,9H2/q-1. The number of hydrogen-bond donors (Lipinski definition) is 0. The van der Waals surface area contributed by atoms with Gasteiger partial charge in [0.25, 0.3) is 5.56 Å². The molecule has 20 heavy (non-hydrogen) atoms. The number of aromatic nitrogens is 2. The van der Waals surface area contributed by atoms with Crippen LogP contribution in [0, 0.1) is 0 Å². The third kappa shape index (κ3) is 3.43. The van der Waals surface area contributed by atoms with Gasteiger partial charge >= 0.3 is 6.98 Å². The highest BCUT2D eigenvalue weighted by atomic mass is 19.4. The molecule has 110 valence electrons. The van der Waals surface area contributed by atoms with Crippen molar-refractivity contribution in [2.24, 2.45) is 0 Å². The quantitative estimate of drug-likeness (QED) is 0.796. The number of halogens is 3. The van der Waals surface area contributed by atoms with Gasteiger partial charge in [-0.1, -0.05) is 0 Å². The van der Waals surface area contributed by atoms with Gasteiger partial charge in [-0.15, -0.1) is 12.1 Å². The van der Waals surface area contributed by atoms with Gasteiger partial charge < -0.3 is 17.8 Å². The molecule has 0 radical (unpaired) electrons. The molecule has 0 unspecified atom stereocenters. The van der Waals surface area contributed by atoms with Gasteiger partial charge in [-0.3, -0.25) is 4.79 Å². The Morgan fingerprint density at radius 3 is 2.50 bits per heavy atom. The second kappa shape index (κ2) is 5.72. The van der Waals surface area contributed by atoms with Gasteiger partial charge in [0.2, 0.25) is 0 Å². The first kappa shape index (κ1) is 14.7. The Bertz CT molecular complexity index is 550. The van der Waals surface area contributed by atoms with E-state index in [1.165, 1.54) is 12.3 Å². The summed E-state index contributed by atoms with van der Waals surface area (Å²) in [6, 6.07) is 1.34. The predicted molar refractivity (Wildman–Crippen MR) is 72.8 cm³/mol. The molecule has 0 N–H and O–H groups in total. The minimum atomic E-state index is -5.14. The summed E-state index contributed by atoms with van der Waals surface area (Å²) in [6.45, 7) is -1.08. The van der Waals surface area contributed by atoms with Crippen molar-refractivity contribution >= 4 is 12.7 Å². The van der Waals surface area contributed by atoms with Crippen molar-refractivity contribution in [3.8, 4) is 0 Å². The van der Waals surface area contributed by atoms with Crippen LogP contribution in [0.15, 0.2) is 29.1 Å². The van der Waals surface area contributed by atoms with Crippen LogP contribution in [-0.4, -0.2) is 29.8 Å². The summed E-state index contributed by atoms with van der Waals surface area (Å²) < 4.78 is 38.1. The predicted octanol–water partition coefficient (Wildman–Crippen LogP) is 2.18. The van der Waals surface area contributed by atoms with Crippen LogP contribution < -0.4 is 10.5 Å². The molecule has 0 atom stereocenters. The summed E-state index contributed by atoms with van der Waals surface area (Å²) in [7, 11) is 0. The maximum absolute atomic E-state index is 12.4. The van der Waals surface area contributed by atoms with E-state index in [2.05, 4.69) is 11.7 Å². The van der Waals surface area contributed by atoms with Crippen molar-refractivity contribution in [1.29, 1.82) is 0 Å². The molecule has 0 spiro atoms. The first-order chi connectivity index (χ1) is 9.38. The van der Waals surface area contributed by atoms with E-state index in [1.807, 2.05) is 4.90 Å². The fraction of sp³-hybridized carbons (Fsp3) is 0.500. The van der Waals surface area contributed by atoms with Crippen LogP contribution in [0.1, 0.15) is 19.3 Å². The van der Waals surface area contributed by atoms with Crippen molar-refractivity contribution < 1.29 is 12.9 Å². The zero-order valence-corrected chi connectivity index (χ0v) is 11.1. The van der Waals surface area contributed by atoms with Crippen LogP contribution in [0.3, 0.4) is 0 Å². The number of nitrogens with zero attached hydrogens (tertiary/aromatic N) is 3. The number of anilines is 1. The lowest BCUT2D eigenvalue weighted by atomic mass is 9.80. The minimum Gasteiger partial charge on any atom is -0.445 e. The summed E-state index contributed by atoms with van der Waals surface area (Å²) in [4.78, 5) is 13.8. The molecule has 1 aromatic heterocycles. The van der Waals surface area contributed by atoms with E-state index in [4.69, 9.17) is 0 Å². The molecule has 1 aromatic rings. The van der Waals surface area contributed by atoms with E-state index in [9.17, 15) is 17.7 Å². The molecule has 0 aliphatic carbocycles. The summed E-state index contributed by atoms with van der Waals surface area (Å²) in [5.41, 5.74) is -0.784. The van der Waals surface area contributed by atoms with Gasteiger partial charge in [0.1, 0.15) is 0 Å². The summed E-state index contributed by atoms with van der Waals surface area (Å²) in [5, 5.41) is 3.82. The van der Waals surface area contributed by atoms with Crippen molar-refractivity contribution in [2.75, 3.05) is 18.0 Å². The topological polar surface area (TPSA) is 38.1 Å². The van der Waals surface area contributed by atoms with Gasteiger partial charge in [0.05, 0.1) is 11.9 Å². The maximum Gasteiger partial charge on any atom is 0.506 e. The fourth-order valence-electron chi connectivity index (χ4n) is 2.16. The van der Waals surface area contributed by atoms with E-state index >= 15 is 0 Å². The molecule has 4 nitrogen and oxygen atoms in total. The normalized spacial score (nSPS) is 16.2. The SMILES string of the molecule is C=C(Cn1ncc(N2CCCCC2)cc1=O)[B-](F)(F)F. The first-order valence-electron chi connectivity index (χ1n) is 6.57. The summed E-state index contributed by atoms with van der Waals surface area (Å²) in [5.74, 6) is 0. The third-order valence-corrected chi connectivity index (χ3v) is 3.39. The van der Waals surface area contributed by atoms with Crippen molar-refractivity contribution in [3.63, 3.8) is 0 Å². The van der Waals surface area contributed by atoms with E-state index in [0.717, 1.165) is 37.0 Å². The zero-order valence-electron chi connectivity index (χ0n) is 11.1. The van der Waals surface area contributed by atoms with Crippen LogP contribution in [0.5, 0.6) is 0 Å². The Hall–Kier alpha value is -1.73. The van der Waals surface area contributed by atoms with E-state index in [1.54, 1.807) is 0 Å². The van der Waals surface area contributed by atoms with Gasteiger partial charge in [0, 0.05) is 25.7 Å². The van der Waals surface area contributed by atoms with Crippen LogP contribution in [0.2, 0.25) is 0 Å². The number of allylic oxidation sites excluding steroid dienone is 1. The van der Waals surface area contributed by atoms with Crippen molar-refractivity contribution in [1.82, 2.24) is 9.78 Å². The second-order valence-electron chi connectivity index (χ2n) is 4.99. The highest BCUT2D eigenvalue weighted by Crippen LogP contribution is 2.20. The number of piperidine rings is 1. The molecule has 1 aliphatic heterocycles. The molecule has 1 aliphatic rings. The van der Waals surface area contributed by atoms with E-state index in [-0.39, 0.29) is 0 Å². The van der Waals surface area contributed by atoms with E-state index < -0.39 is 24.6 Å². The Balaban J connectivity index is 2.14. The van der Waals surface area contributed by atoms with Gasteiger partial charge in [0.15, 0.2) is 0 Å². The van der Waals surface area contributed by atoms with Crippen LogP contribution >= 0.6 is 0 Å². The smallest absolute Gasteiger partial charge is 0.445 e. The van der Waals surface area contributed by atoms with Crippen LogP contribution in [-0.2, 0) is 6.54 Å². The van der Waals surface area contributed by atoms with Gasteiger partial charge in [-0.05, 0) is 19.3 Å². The molecular formula is C12H16BF3N3O-. The zero-order chi connectivity index (χ0) is 14.8. The molecule has 0 saturated carbocycles. The molecule has 2 heterocycles. The third-order valence-electron chi connectivity index (χ3n) is 3.39. The van der Waals surface area contributed by atoms with E-state index in [0.29, 0.717) is 5.69 Å². The fourth-order valence-corrected chi connectivity index (χ4v) is 2.16. The lowest BCUT2D eigenvalue weighted by molar-refractivity contribution is 0.477. The monoisotopic (exact) mass is 286 g/mol. The Kier molecular flexibility index (Phi) is 4.20. The minimum absolute atomic E-state index is 0.533. The molecule has 1 saturated heterocycles. The Morgan fingerprint density at radius 1 is 1.30 bits per heavy atom. The summed E-state index contributed by atoms with van der Waals surface area (Å²) >= 11 is 0. The Labute approximate surface area is 114 Å². The summed E-state index contributed by atoms with van der Waals surface area (Å²) in [6.07, 6.45) is 4.71. The average molecular weight is 286 g/mol. The van der Waals surface area contributed by atoms with Gasteiger partial charge in [-0.2, -0.15) is 5.10 Å². The molecule has 8 heteroatoms. The van der Waals surface area contributed by atoms with Crippen molar-refractivity contribution in [3.05, 3.63) is 34.7 Å². The molecule has 0 bridgehead atoms. The number of hydrogen-bond acceptors (Lipinski definition) is 3. The first-order valence-corrected chi connectivity index (χ1v) is 6.57. The second-order valence-corrected chi connectivity index (χ2v) is 4.99. The number of rotatable bonds is 4. The van der Waals surface area contributed by atoms with Gasteiger partial charge in [-0.25, -0.2) is 4.68 Å².